The van der Waals surface area contributed by atoms with Gasteiger partial charge in [-0.1, -0.05) is 18.6 Å². The van der Waals surface area contributed by atoms with Gasteiger partial charge in [0.1, 0.15) is 0 Å². The summed E-state index contributed by atoms with van der Waals surface area (Å²) < 4.78 is 0. The van der Waals surface area contributed by atoms with Crippen LogP contribution in [-0.2, 0) is 4.84 Å². The molecular formula is C8H17NO. The van der Waals surface area contributed by atoms with Crippen molar-refractivity contribution in [3.8, 4) is 0 Å². The van der Waals surface area contributed by atoms with E-state index in [4.69, 9.17) is 4.84 Å². The Morgan fingerprint density at radius 2 is 2.30 bits per heavy atom. The zero-order valence-corrected chi connectivity index (χ0v) is 7.11. The van der Waals surface area contributed by atoms with Crippen molar-refractivity contribution in [2.75, 3.05) is 13.2 Å². The number of nitrogens with one attached hydrogen (secondary N) is 1. The van der Waals surface area contributed by atoms with Crippen LogP contribution in [0.4, 0.5) is 0 Å². The van der Waals surface area contributed by atoms with Gasteiger partial charge in [0.05, 0.1) is 6.61 Å². The maximum Gasteiger partial charge on any atom is 0.0890 e. The molecule has 0 aliphatic carbocycles. The third-order valence-corrected chi connectivity index (χ3v) is 1.25. The maximum atomic E-state index is 5.11. The fourth-order valence-electron chi connectivity index (χ4n) is 0.422. The number of hydrogen-bond acceptors (Lipinski definition) is 2. The first kappa shape index (κ1) is 9.66. The lowest BCUT2D eigenvalue weighted by Crippen LogP contribution is -2.16. The van der Waals surface area contributed by atoms with Gasteiger partial charge in [0, 0.05) is 6.54 Å². The van der Waals surface area contributed by atoms with E-state index in [1.165, 1.54) is 5.57 Å². The molecule has 0 aromatic carbocycles. The second kappa shape index (κ2) is 6.78. The largest absolute Gasteiger partial charge is 0.297 e. The molecule has 0 aromatic heterocycles. The molecule has 1 N–H and O–H groups in total. The van der Waals surface area contributed by atoms with Crippen LogP contribution in [-0.4, -0.2) is 13.2 Å². The number of allylic oxidation sites excluding steroid dienone is 1. The second-order valence-corrected chi connectivity index (χ2v) is 2.32. The van der Waals surface area contributed by atoms with E-state index in [1.54, 1.807) is 0 Å². The Balaban J connectivity index is 3.04. The third kappa shape index (κ3) is 5.79. The molecule has 0 unspecified atom stereocenters. The van der Waals surface area contributed by atoms with E-state index in [0.29, 0.717) is 6.61 Å². The molecule has 0 heterocycles. The van der Waals surface area contributed by atoms with Crippen molar-refractivity contribution >= 4 is 0 Å². The molecule has 0 spiro atoms. The zero-order valence-electron chi connectivity index (χ0n) is 7.11. The molecule has 0 amide bonds. The van der Waals surface area contributed by atoms with Gasteiger partial charge in [0.2, 0.25) is 0 Å². The second-order valence-electron chi connectivity index (χ2n) is 2.32. The molecular weight excluding hydrogens is 126 g/mol. The molecule has 0 atom stereocenters. The standard InChI is InChI=1S/C8H17NO/c1-4-6-9-10-7-8(3)5-2/h5,9H,4,6-7H2,1-3H3. The monoisotopic (exact) mass is 143 g/mol. The van der Waals surface area contributed by atoms with Gasteiger partial charge in [-0.2, -0.15) is 0 Å². The van der Waals surface area contributed by atoms with Gasteiger partial charge in [-0.05, 0) is 20.3 Å². The van der Waals surface area contributed by atoms with Crippen LogP contribution >= 0.6 is 0 Å². The minimum atomic E-state index is 0.691. The normalized spacial score (nSPS) is 12.1. The van der Waals surface area contributed by atoms with Gasteiger partial charge in [-0.15, -0.1) is 0 Å². The molecule has 10 heavy (non-hydrogen) atoms. The molecule has 0 saturated carbocycles. The van der Waals surface area contributed by atoms with Gasteiger partial charge in [-0.25, -0.2) is 5.48 Å². The van der Waals surface area contributed by atoms with Crippen molar-refractivity contribution in [3.63, 3.8) is 0 Å². The van der Waals surface area contributed by atoms with E-state index in [-0.39, 0.29) is 0 Å². The summed E-state index contributed by atoms with van der Waals surface area (Å²) in [5.41, 5.74) is 4.11. The Morgan fingerprint density at radius 1 is 1.60 bits per heavy atom. The minimum absolute atomic E-state index is 0.691. The van der Waals surface area contributed by atoms with Crippen LogP contribution in [0.5, 0.6) is 0 Å². The Bertz CT molecular complexity index is 99.4. The highest BCUT2D eigenvalue weighted by Gasteiger charge is 1.86. The van der Waals surface area contributed by atoms with Crippen molar-refractivity contribution in [2.24, 2.45) is 0 Å². The van der Waals surface area contributed by atoms with Gasteiger partial charge in [0.25, 0.3) is 0 Å². The first-order valence-corrected chi connectivity index (χ1v) is 3.77. The molecule has 2 heteroatoms. The predicted octanol–water partition coefficient (Wildman–Crippen LogP) is 1.88. The summed E-state index contributed by atoms with van der Waals surface area (Å²) in [6.45, 7) is 7.79. The summed E-state index contributed by atoms with van der Waals surface area (Å²) in [5.74, 6) is 0. The van der Waals surface area contributed by atoms with Crippen LogP contribution in [0.1, 0.15) is 27.2 Å². The highest BCUT2D eigenvalue weighted by Crippen LogP contribution is 1.89. The van der Waals surface area contributed by atoms with Crippen molar-refractivity contribution in [3.05, 3.63) is 11.6 Å². The SMILES string of the molecule is CC=C(C)CONCCC. The molecule has 0 aliphatic rings. The predicted molar refractivity (Wildman–Crippen MR) is 43.7 cm³/mol. The fraction of sp³-hybridized carbons (Fsp3) is 0.750. The van der Waals surface area contributed by atoms with Crippen LogP contribution in [0.15, 0.2) is 11.6 Å². The van der Waals surface area contributed by atoms with E-state index in [2.05, 4.69) is 12.4 Å². The molecule has 0 aromatic rings. The number of hydrogen-bond donors (Lipinski definition) is 1. The van der Waals surface area contributed by atoms with E-state index in [1.807, 2.05) is 19.9 Å². The van der Waals surface area contributed by atoms with Crippen LogP contribution < -0.4 is 5.48 Å². The van der Waals surface area contributed by atoms with Crippen molar-refractivity contribution in [2.45, 2.75) is 27.2 Å². The van der Waals surface area contributed by atoms with Crippen LogP contribution in [0.25, 0.3) is 0 Å². The highest BCUT2D eigenvalue weighted by atomic mass is 16.6. The lowest BCUT2D eigenvalue weighted by atomic mass is 10.3. The van der Waals surface area contributed by atoms with Crippen molar-refractivity contribution in [1.82, 2.24) is 5.48 Å². The average Bonchev–Trinajstić information content (AvgIpc) is 1.98. The van der Waals surface area contributed by atoms with Crippen molar-refractivity contribution < 1.29 is 4.84 Å². The van der Waals surface area contributed by atoms with Gasteiger partial charge >= 0.3 is 0 Å². The Labute approximate surface area is 63.2 Å². The lowest BCUT2D eigenvalue weighted by Gasteiger charge is -2.03. The summed E-state index contributed by atoms with van der Waals surface area (Å²) >= 11 is 0. The molecule has 0 radical (unpaired) electrons. The molecule has 2 nitrogen and oxygen atoms in total. The van der Waals surface area contributed by atoms with Crippen LogP contribution in [0.2, 0.25) is 0 Å². The van der Waals surface area contributed by atoms with Crippen molar-refractivity contribution in [1.29, 1.82) is 0 Å². The molecule has 0 saturated heterocycles. The Morgan fingerprint density at radius 3 is 2.80 bits per heavy atom. The van der Waals surface area contributed by atoms with Gasteiger partial charge in [-0.3, -0.25) is 4.84 Å². The number of hydroxylamine groups is 1. The molecule has 60 valence electrons. The maximum absolute atomic E-state index is 5.11. The fourth-order valence-corrected chi connectivity index (χ4v) is 0.422. The van der Waals surface area contributed by atoms with Gasteiger partial charge < -0.3 is 0 Å². The van der Waals surface area contributed by atoms with Crippen LogP contribution in [0.3, 0.4) is 0 Å². The molecule has 0 fully saturated rings. The summed E-state index contributed by atoms with van der Waals surface area (Å²) in [4.78, 5) is 5.11. The first-order valence-electron chi connectivity index (χ1n) is 3.77. The highest BCUT2D eigenvalue weighted by molar-refractivity contribution is 4.94. The van der Waals surface area contributed by atoms with E-state index in [9.17, 15) is 0 Å². The Hall–Kier alpha value is -0.340. The van der Waals surface area contributed by atoms with Crippen LogP contribution in [0, 0.1) is 0 Å². The van der Waals surface area contributed by atoms with E-state index >= 15 is 0 Å². The van der Waals surface area contributed by atoms with Gasteiger partial charge in [0.15, 0.2) is 0 Å². The third-order valence-electron chi connectivity index (χ3n) is 1.25. The summed E-state index contributed by atoms with van der Waals surface area (Å²) in [6.07, 6.45) is 3.16. The zero-order chi connectivity index (χ0) is 7.82. The quantitative estimate of drug-likeness (QED) is 0.360. The van der Waals surface area contributed by atoms with E-state index < -0.39 is 0 Å². The smallest absolute Gasteiger partial charge is 0.0890 e. The molecule has 0 aliphatic heterocycles. The molecule has 0 bridgehead atoms. The summed E-state index contributed by atoms with van der Waals surface area (Å²) in [5, 5.41) is 0. The first-order chi connectivity index (χ1) is 4.81. The summed E-state index contributed by atoms with van der Waals surface area (Å²) in [7, 11) is 0. The van der Waals surface area contributed by atoms with E-state index in [0.717, 1.165) is 13.0 Å². The summed E-state index contributed by atoms with van der Waals surface area (Å²) in [6, 6.07) is 0. The number of rotatable bonds is 5. The minimum Gasteiger partial charge on any atom is -0.297 e. The molecule has 0 rings (SSSR count). The Kier molecular flexibility index (Phi) is 6.55. The average molecular weight is 143 g/mol. The lowest BCUT2D eigenvalue weighted by molar-refractivity contribution is 0.0581. The topological polar surface area (TPSA) is 21.3 Å².